The van der Waals surface area contributed by atoms with E-state index in [0.717, 1.165) is 18.9 Å². The summed E-state index contributed by atoms with van der Waals surface area (Å²) in [7, 11) is 0. The standard InChI is InChI=1S/C21H27N5O2/c22-11-12-23-21(28)17-7-3-4-8-18(17)25-20(27)16-9-10-19(24-15-16)26-13-5-1-2-6-14-26/h3-4,7-10,15H,1-2,5-6,11-14,22H2,(H,23,28)(H,25,27). The molecule has 1 fully saturated rings. The van der Waals surface area contributed by atoms with Crippen LogP contribution < -0.4 is 21.3 Å². The third-order valence-electron chi connectivity index (χ3n) is 4.79. The van der Waals surface area contributed by atoms with Gasteiger partial charge in [-0.15, -0.1) is 0 Å². The Bertz CT molecular complexity index is 799. The maximum absolute atomic E-state index is 12.6. The minimum absolute atomic E-state index is 0.268. The van der Waals surface area contributed by atoms with Gasteiger partial charge in [0.1, 0.15) is 5.82 Å². The molecular formula is C21H27N5O2. The summed E-state index contributed by atoms with van der Waals surface area (Å²) in [5, 5.41) is 5.53. The highest BCUT2D eigenvalue weighted by Gasteiger charge is 2.15. The molecular weight excluding hydrogens is 354 g/mol. The highest BCUT2D eigenvalue weighted by atomic mass is 16.2. The van der Waals surface area contributed by atoms with E-state index in [1.165, 1.54) is 25.7 Å². The van der Waals surface area contributed by atoms with Gasteiger partial charge in [0.25, 0.3) is 11.8 Å². The first-order chi connectivity index (χ1) is 13.7. The molecule has 2 aromatic rings. The van der Waals surface area contributed by atoms with Crippen LogP contribution in [-0.4, -0.2) is 43.0 Å². The van der Waals surface area contributed by atoms with Crippen molar-refractivity contribution in [2.75, 3.05) is 36.4 Å². The molecule has 0 radical (unpaired) electrons. The second-order valence-electron chi connectivity index (χ2n) is 6.85. The number of anilines is 2. The lowest BCUT2D eigenvalue weighted by Gasteiger charge is -2.21. The van der Waals surface area contributed by atoms with Crippen molar-refractivity contribution in [3.63, 3.8) is 0 Å². The molecule has 0 bridgehead atoms. The van der Waals surface area contributed by atoms with Crippen LogP contribution >= 0.6 is 0 Å². The highest BCUT2D eigenvalue weighted by molar-refractivity contribution is 6.08. The topological polar surface area (TPSA) is 100 Å². The van der Waals surface area contributed by atoms with Crippen LogP contribution in [0.5, 0.6) is 0 Å². The van der Waals surface area contributed by atoms with Gasteiger partial charge in [-0.3, -0.25) is 9.59 Å². The van der Waals surface area contributed by atoms with Gasteiger partial charge in [-0.25, -0.2) is 4.98 Å². The second-order valence-corrected chi connectivity index (χ2v) is 6.85. The van der Waals surface area contributed by atoms with Crippen LogP contribution in [0, 0.1) is 0 Å². The summed E-state index contributed by atoms with van der Waals surface area (Å²) in [6, 6.07) is 10.6. The summed E-state index contributed by atoms with van der Waals surface area (Å²) < 4.78 is 0. The van der Waals surface area contributed by atoms with Gasteiger partial charge in [0, 0.05) is 32.4 Å². The molecule has 3 rings (SSSR count). The van der Waals surface area contributed by atoms with E-state index >= 15 is 0 Å². The van der Waals surface area contributed by atoms with Crippen LogP contribution in [0.3, 0.4) is 0 Å². The molecule has 1 aromatic carbocycles. The smallest absolute Gasteiger partial charge is 0.257 e. The number of para-hydroxylation sites is 1. The van der Waals surface area contributed by atoms with Crippen molar-refractivity contribution >= 4 is 23.3 Å². The van der Waals surface area contributed by atoms with E-state index in [4.69, 9.17) is 5.73 Å². The molecule has 4 N–H and O–H groups in total. The lowest BCUT2D eigenvalue weighted by Crippen LogP contribution is -2.30. The molecule has 0 saturated carbocycles. The molecule has 0 aliphatic carbocycles. The molecule has 148 valence electrons. The van der Waals surface area contributed by atoms with E-state index in [2.05, 4.69) is 20.5 Å². The summed E-state index contributed by atoms with van der Waals surface area (Å²) in [5.41, 5.74) is 6.74. The summed E-state index contributed by atoms with van der Waals surface area (Å²) in [6.45, 7) is 2.74. The molecule has 0 atom stereocenters. The average molecular weight is 381 g/mol. The Morgan fingerprint density at radius 3 is 2.43 bits per heavy atom. The first-order valence-corrected chi connectivity index (χ1v) is 9.78. The van der Waals surface area contributed by atoms with Crippen molar-refractivity contribution in [1.29, 1.82) is 0 Å². The number of rotatable bonds is 6. The number of nitrogens with two attached hydrogens (primary N) is 1. The average Bonchev–Trinajstić information content (AvgIpc) is 3.02. The zero-order valence-corrected chi connectivity index (χ0v) is 16.0. The number of carbonyl (C=O) groups excluding carboxylic acids is 2. The maximum Gasteiger partial charge on any atom is 0.257 e. The predicted molar refractivity (Wildman–Crippen MR) is 111 cm³/mol. The van der Waals surface area contributed by atoms with E-state index < -0.39 is 0 Å². The molecule has 1 saturated heterocycles. The minimum Gasteiger partial charge on any atom is -0.357 e. The number of pyridine rings is 1. The van der Waals surface area contributed by atoms with Gasteiger partial charge in [-0.1, -0.05) is 25.0 Å². The number of benzene rings is 1. The molecule has 1 aliphatic rings. The summed E-state index contributed by atoms with van der Waals surface area (Å²) in [5.74, 6) is 0.338. The summed E-state index contributed by atoms with van der Waals surface area (Å²) >= 11 is 0. The van der Waals surface area contributed by atoms with Gasteiger partial charge in [0.15, 0.2) is 0 Å². The van der Waals surface area contributed by atoms with Crippen LogP contribution in [-0.2, 0) is 0 Å². The van der Waals surface area contributed by atoms with Crippen LogP contribution in [0.1, 0.15) is 46.4 Å². The molecule has 1 aliphatic heterocycles. The van der Waals surface area contributed by atoms with Gasteiger partial charge in [-0.05, 0) is 37.1 Å². The highest BCUT2D eigenvalue weighted by Crippen LogP contribution is 2.19. The van der Waals surface area contributed by atoms with Crippen molar-refractivity contribution in [2.45, 2.75) is 25.7 Å². The quantitative estimate of drug-likeness (QED) is 0.713. The Balaban J connectivity index is 1.69. The third-order valence-corrected chi connectivity index (χ3v) is 4.79. The number of aromatic nitrogens is 1. The van der Waals surface area contributed by atoms with Crippen molar-refractivity contribution in [3.8, 4) is 0 Å². The number of hydrogen-bond acceptors (Lipinski definition) is 5. The normalized spacial score (nSPS) is 14.2. The molecule has 7 heteroatoms. The molecule has 1 aromatic heterocycles. The Kier molecular flexibility index (Phi) is 6.97. The van der Waals surface area contributed by atoms with E-state index in [1.54, 1.807) is 36.5 Å². The largest absolute Gasteiger partial charge is 0.357 e. The van der Waals surface area contributed by atoms with Crippen LogP contribution in [0.2, 0.25) is 0 Å². The number of nitrogens with zero attached hydrogens (tertiary/aromatic N) is 2. The Labute approximate surface area is 165 Å². The van der Waals surface area contributed by atoms with E-state index in [1.807, 2.05) is 6.07 Å². The SMILES string of the molecule is NCCNC(=O)c1ccccc1NC(=O)c1ccc(N2CCCCCC2)nc1. The van der Waals surface area contributed by atoms with Crippen molar-refractivity contribution < 1.29 is 9.59 Å². The van der Waals surface area contributed by atoms with Gasteiger partial charge >= 0.3 is 0 Å². The Hall–Kier alpha value is -2.93. The molecule has 7 nitrogen and oxygen atoms in total. The fraction of sp³-hybridized carbons (Fsp3) is 0.381. The number of nitrogens with one attached hydrogen (secondary N) is 2. The lowest BCUT2D eigenvalue weighted by atomic mass is 10.1. The lowest BCUT2D eigenvalue weighted by molar-refractivity contribution is 0.0955. The van der Waals surface area contributed by atoms with E-state index in [-0.39, 0.29) is 11.8 Å². The molecule has 2 heterocycles. The van der Waals surface area contributed by atoms with E-state index in [9.17, 15) is 9.59 Å². The molecule has 0 spiro atoms. The van der Waals surface area contributed by atoms with Crippen molar-refractivity contribution in [2.24, 2.45) is 5.73 Å². The van der Waals surface area contributed by atoms with Crippen LogP contribution in [0.15, 0.2) is 42.6 Å². The summed E-state index contributed by atoms with van der Waals surface area (Å²) in [4.78, 5) is 31.6. The minimum atomic E-state index is -0.297. The first-order valence-electron chi connectivity index (χ1n) is 9.78. The Morgan fingerprint density at radius 2 is 1.75 bits per heavy atom. The van der Waals surface area contributed by atoms with Crippen molar-refractivity contribution in [1.82, 2.24) is 10.3 Å². The van der Waals surface area contributed by atoms with Crippen LogP contribution in [0.4, 0.5) is 11.5 Å². The van der Waals surface area contributed by atoms with Crippen LogP contribution in [0.25, 0.3) is 0 Å². The fourth-order valence-corrected chi connectivity index (χ4v) is 3.27. The summed E-state index contributed by atoms with van der Waals surface area (Å²) in [6.07, 6.45) is 6.46. The molecule has 28 heavy (non-hydrogen) atoms. The first kappa shape index (κ1) is 19.8. The number of amides is 2. The maximum atomic E-state index is 12.6. The molecule has 2 amide bonds. The zero-order valence-electron chi connectivity index (χ0n) is 16.0. The van der Waals surface area contributed by atoms with E-state index in [0.29, 0.717) is 29.9 Å². The Morgan fingerprint density at radius 1 is 1.00 bits per heavy atom. The van der Waals surface area contributed by atoms with Crippen molar-refractivity contribution in [3.05, 3.63) is 53.7 Å². The van der Waals surface area contributed by atoms with Gasteiger partial charge in [-0.2, -0.15) is 0 Å². The fourth-order valence-electron chi connectivity index (χ4n) is 3.27. The third kappa shape index (κ3) is 5.07. The zero-order chi connectivity index (χ0) is 19.8. The van der Waals surface area contributed by atoms with Gasteiger partial charge in [0.05, 0.1) is 16.8 Å². The second kappa shape index (κ2) is 9.85. The number of carbonyl (C=O) groups is 2. The monoisotopic (exact) mass is 381 g/mol. The molecule has 0 unspecified atom stereocenters. The predicted octanol–water partition coefficient (Wildman–Crippen LogP) is 2.40. The van der Waals surface area contributed by atoms with Gasteiger partial charge in [0.2, 0.25) is 0 Å². The number of hydrogen-bond donors (Lipinski definition) is 3. The van der Waals surface area contributed by atoms with Gasteiger partial charge < -0.3 is 21.3 Å².